The van der Waals surface area contributed by atoms with Gasteiger partial charge in [-0.25, -0.2) is 0 Å². The van der Waals surface area contributed by atoms with Gasteiger partial charge in [-0.3, -0.25) is 0 Å². The molecule has 0 atom stereocenters. The first-order valence-corrected chi connectivity index (χ1v) is 11.1. The second-order valence-corrected chi connectivity index (χ2v) is 11.5. The molecule has 136 valence electrons. The van der Waals surface area contributed by atoms with E-state index in [2.05, 4.69) is 125 Å². The number of hydrogen-bond donors (Lipinski definition) is 0. The van der Waals surface area contributed by atoms with Crippen molar-refractivity contribution in [1.82, 2.24) is 0 Å². The van der Waals surface area contributed by atoms with Crippen LogP contribution in [0.2, 0.25) is 0 Å². The molecule has 2 aromatic carbocycles. The summed E-state index contributed by atoms with van der Waals surface area (Å²) in [6, 6.07) is 9.56. The highest BCUT2D eigenvalue weighted by atomic mass is 127. The van der Waals surface area contributed by atoms with Crippen molar-refractivity contribution in [3.63, 3.8) is 0 Å². The monoisotopic (exact) mass is 560 g/mol. The molecular formula is C23H30I2. The largest absolute Gasteiger partial charge is 0.0561 e. The molecule has 0 aliphatic rings. The molecule has 0 bridgehead atoms. The van der Waals surface area contributed by atoms with Crippen LogP contribution in [0.1, 0.15) is 74.9 Å². The minimum absolute atomic E-state index is 0.196. The van der Waals surface area contributed by atoms with E-state index < -0.39 is 0 Å². The SMILES string of the molecule is Cc1cc(Cc2cc(C)c(C(C)(C)C)cc2I)c(I)cc1C(C)(C)C. The first-order chi connectivity index (χ1) is 11.3. The molecule has 0 nitrogen and oxygen atoms in total. The summed E-state index contributed by atoms with van der Waals surface area (Å²) in [4.78, 5) is 0. The molecule has 0 N–H and O–H groups in total. The van der Waals surface area contributed by atoms with Gasteiger partial charge in [0, 0.05) is 7.14 Å². The lowest BCUT2D eigenvalue weighted by Crippen LogP contribution is -2.15. The van der Waals surface area contributed by atoms with Crippen molar-refractivity contribution >= 4 is 45.2 Å². The summed E-state index contributed by atoms with van der Waals surface area (Å²) in [6.07, 6.45) is 1.01. The third-order valence-corrected chi connectivity index (χ3v) is 6.79. The summed E-state index contributed by atoms with van der Waals surface area (Å²) in [6.45, 7) is 18.3. The quantitative estimate of drug-likeness (QED) is 0.331. The molecule has 0 heterocycles. The van der Waals surface area contributed by atoms with E-state index in [-0.39, 0.29) is 10.8 Å². The van der Waals surface area contributed by atoms with Gasteiger partial charge < -0.3 is 0 Å². The summed E-state index contributed by atoms with van der Waals surface area (Å²) < 4.78 is 2.75. The molecule has 2 rings (SSSR count). The van der Waals surface area contributed by atoms with Crippen molar-refractivity contribution in [3.05, 3.63) is 64.8 Å². The average molecular weight is 560 g/mol. The highest BCUT2D eigenvalue weighted by Gasteiger charge is 2.20. The van der Waals surface area contributed by atoms with Crippen LogP contribution >= 0.6 is 45.2 Å². The second kappa shape index (κ2) is 7.49. The minimum Gasteiger partial charge on any atom is -0.0561 e. The molecular weight excluding hydrogens is 530 g/mol. The highest BCUT2D eigenvalue weighted by molar-refractivity contribution is 14.1. The number of aryl methyl sites for hydroxylation is 2. The van der Waals surface area contributed by atoms with E-state index in [1.165, 1.54) is 40.5 Å². The molecule has 0 saturated heterocycles. The van der Waals surface area contributed by atoms with E-state index in [0.29, 0.717) is 0 Å². The first-order valence-electron chi connectivity index (χ1n) is 8.89. The number of hydrogen-bond acceptors (Lipinski definition) is 0. The van der Waals surface area contributed by atoms with Gasteiger partial charge in [0.15, 0.2) is 0 Å². The van der Waals surface area contributed by atoms with Crippen LogP contribution < -0.4 is 0 Å². The number of rotatable bonds is 2. The van der Waals surface area contributed by atoms with Crippen LogP contribution in [-0.2, 0) is 17.3 Å². The van der Waals surface area contributed by atoms with Crippen molar-refractivity contribution in [2.45, 2.75) is 72.6 Å². The van der Waals surface area contributed by atoms with Gasteiger partial charge in [0.05, 0.1) is 0 Å². The molecule has 2 heteroatoms. The van der Waals surface area contributed by atoms with Crippen LogP contribution in [-0.4, -0.2) is 0 Å². The Bertz CT molecular complexity index is 720. The summed E-state index contributed by atoms with van der Waals surface area (Å²) in [5.74, 6) is 0. The molecule has 2 aromatic rings. The Morgan fingerprint density at radius 2 is 0.960 bits per heavy atom. The second-order valence-electron chi connectivity index (χ2n) is 9.19. The fourth-order valence-corrected chi connectivity index (χ4v) is 4.89. The fraction of sp³-hybridized carbons (Fsp3) is 0.478. The third kappa shape index (κ3) is 5.00. The van der Waals surface area contributed by atoms with Gasteiger partial charge in [0.2, 0.25) is 0 Å². The Kier molecular flexibility index (Phi) is 6.35. The molecule has 0 aliphatic carbocycles. The van der Waals surface area contributed by atoms with Crippen LogP contribution in [0, 0.1) is 21.0 Å². The number of benzene rings is 2. The van der Waals surface area contributed by atoms with Crippen LogP contribution in [0.15, 0.2) is 24.3 Å². The third-order valence-electron chi connectivity index (χ3n) is 4.78. The lowest BCUT2D eigenvalue weighted by atomic mass is 9.82. The summed E-state index contributed by atoms with van der Waals surface area (Å²) in [5, 5.41) is 0. The van der Waals surface area contributed by atoms with Crippen molar-refractivity contribution in [1.29, 1.82) is 0 Å². The number of halogens is 2. The van der Waals surface area contributed by atoms with E-state index in [0.717, 1.165) is 6.42 Å². The minimum atomic E-state index is 0.196. The van der Waals surface area contributed by atoms with Crippen molar-refractivity contribution in [2.24, 2.45) is 0 Å². The normalized spacial score (nSPS) is 12.6. The van der Waals surface area contributed by atoms with Gasteiger partial charge in [-0.05, 0) is 122 Å². The standard InChI is InChI=1S/C23H30I2/c1-14-9-16(20(24)12-18(14)22(3,4)5)11-17-10-15(2)19(13-21(17)25)23(6,7)8/h9-10,12-13H,11H2,1-8H3. The van der Waals surface area contributed by atoms with Gasteiger partial charge in [-0.2, -0.15) is 0 Å². The fourth-order valence-electron chi connectivity index (χ4n) is 3.57. The Balaban J connectivity index is 2.44. The van der Waals surface area contributed by atoms with Crippen molar-refractivity contribution in [3.8, 4) is 0 Å². The van der Waals surface area contributed by atoms with Crippen LogP contribution in [0.25, 0.3) is 0 Å². The van der Waals surface area contributed by atoms with Gasteiger partial charge in [-0.1, -0.05) is 53.7 Å². The van der Waals surface area contributed by atoms with Gasteiger partial charge in [0.1, 0.15) is 0 Å². The zero-order valence-corrected chi connectivity index (χ0v) is 21.1. The molecule has 0 fully saturated rings. The van der Waals surface area contributed by atoms with Gasteiger partial charge >= 0.3 is 0 Å². The van der Waals surface area contributed by atoms with Crippen LogP contribution in [0.4, 0.5) is 0 Å². The zero-order chi connectivity index (χ0) is 19.2. The van der Waals surface area contributed by atoms with Gasteiger partial charge in [-0.15, -0.1) is 0 Å². The van der Waals surface area contributed by atoms with E-state index in [4.69, 9.17) is 0 Å². The molecule has 0 spiro atoms. The average Bonchev–Trinajstić information content (AvgIpc) is 2.43. The molecule has 0 aromatic heterocycles. The first kappa shape index (κ1) is 21.2. The van der Waals surface area contributed by atoms with E-state index in [1.807, 2.05) is 0 Å². The highest BCUT2D eigenvalue weighted by Crippen LogP contribution is 2.33. The van der Waals surface area contributed by atoms with E-state index >= 15 is 0 Å². The van der Waals surface area contributed by atoms with E-state index in [1.54, 1.807) is 0 Å². The van der Waals surface area contributed by atoms with Crippen molar-refractivity contribution in [2.75, 3.05) is 0 Å². The Morgan fingerprint density at radius 1 is 0.640 bits per heavy atom. The van der Waals surface area contributed by atoms with E-state index in [9.17, 15) is 0 Å². The Morgan fingerprint density at radius 3 is 1.24 bits per heavy atom. The Labute approximate surface area is 181 Å². The Hall–Kier alpha value is -0.100. The zero-order valence-electron chi connectivity index (χ0n) is 16.8. The predicted octanol–water partition coefficient (Wildman–Crippen LogP) is 7.70. The molecule has 0 aliphatic heterocycles. The summed E-state index contributed by atoms with van der Waals surface area (Å²) >= 11 is 5.01. The lowest BCUT2D eigenvalue weighted by Gasteiger charge is -2.24. The smallest absolute Gasteiger partial charge is 0.0168 e. The van der Waals surface area contributed by atoms with Crippen LogP contribution in [0.5, 0.6) is 0 Å². The summed E-state index contributed by atoms with van der Waals surface area (Å²) in [7, 11) is 0. The summed E-state index contributed by atoms with van der Waals surface area (Å²) in [5.41, 5.74) is 8.98. The van der Waals surface area contributed by atoms with Crippen LogP contribution in [0.3, 0.4) is 0 Å². The predicted molar refractivity (Wildman–Crippen MR) is 128 cm³/mol. The maximum atomic E-state index is 2.51. The molecule has 0 unspecified atom stereocenters. The molecule has 0 amide bonds. The maximum absolute atomic E-state index is 2.51. The lowest BCUT2D eigenvalue weighted by molar-refractivity contribution is 0.585. The topological polar surface area (TPSA) is 0 Å². The molecule has 0 radical (unpaired) electrons. The van der Waals surface area contributed by atoms with Crippen molar-refractivity contribution < 1.29 is 0 Å². The molecule has 0 saturated carbocycles. The van der Waals surface area contributed by atoms with Gasteiger partial charge in [0.25, 0.3) is 0 Å². The maximum Gasteiger partial charge on any atom is 0.0168 e. The molecule has 25 heavy (non-hydrogen) atoms.